The van der Waals surface area contributed by atoms with Crippen molar-refractivity contribution in [1.82, 2.24) is 5.32 Å². The van der Waals surface area contributed by atoms with Crippen LogP contribution in [0, 0.1) is 12.3 Å². The van der Waals surface area contributed by atoms with Crippen LogP contribution in [-0.2, 0) is 15.0 Å². The number of carbonyl (C=O) groups excluding carboxylic acids is 1. The van der Waals surface area contributed by atoms with Gasteiger partial charge in [-0.15, -0.1) is 6.42 Å². The van der Waals surface area contributed by atoms with E-state index >= 15 is 0 Å². The van der Waals surface area contributed by atoms with Crippen molar-refractivity contribution < 1.29 is 14.3 Å². The summed E-state index contributed by atoms with van der Waals surface area (Å²) in [4.78, 5) is 11.8. The molecule has 1 aromatic carbocycles. The molecular weight excluding hydrogens is 268 g/mol. The van der Waals surface area contributed by atoms with Gasteiger partial charge in [-0.05, 0) is 18.2 Å². The maximum Gasteiger partial charge on any atom is 0.320 e. The molecule has 1 heterocycles. The first-order chi connectivity index (χ1) is 9.07. The summed E-state index contributed by atoms with van der Waals surface area (Å²) in [5.41, 5.74) is -0.0347. The van der Waals surface area contributed by atoms with Gasteiger partial charge in [-0.25, -0.2) is 4.79 Å². The van der Waals surface area contributed by atoms with Crippen molar-refractivity contribution in [2.24, 2.45) is 0 Å². The molecule has 0 fully saturated rings. The van der Waals surface area contributed by atoms with E-state index in [9.17, 15) is 4.79 Å². The third kappa shape index (κ3) is 2.15. The first-order valence-corrected chi connectivity index (χ1v) is 5.87. The summed E-state index contributed by atoms with van der Waals surface area (Å²) in [6, 6.07) is 4.60. The predicted octanol–water partition coefficient (Wildman–Crippen LogP) is 1.92. The van der Waals surface area contributed by atoms with Crippen LogP contribution in [-0.4, -0.2) is 26.5 Å². The molecular formula is C13H13ClN2O3. The Bertz CT molecular complexity index is 551. The lowest BCUT2D eigenvalue weighted by Crippen LogP contribution is -2.58. The third-order valence-corrected chi connectivity index (χ3v) is 3.21. The summed E-state index contributed by atoms with van der Waals surface area (Å²) in [5, 5.41) is 5.84. The monoisotopic (exact) mass is 280 g/mol. The maximum absolute atomic E-state index is 11.8. The fourth-order valence-electron chi connectivity index (χ4n) is 2.17. The highest BCUT2D eigenvalue weighted by atomic mass is 35.5. The zero-order chi connectivity index (χ0) is 14.0. The molecule has 0 saturated heterocycles. The Labute approximate surface area is 116 Å². The second-order valence-corrected chi connectivity index (χ2v) is 4.46. The molecule has 1 atom stereocenters. The lowest BCUT2D eigenvalue weighted by Gasteiger charge is -2.39. The number of fused-ring (bicyclic) bond motifs is 1. The molecule has 1 aliphatic heterocycles. The van der Waals surface area contributed by atoms with Crippen molar-refractivity contribution >= 4 is 23.3 Å². The minimum atomic E-state index is -1.23. The minimum Gasteiger partial charge on any atom is -0.352 e. The Morgan fingerprint density at radius 1 is 1.42 bits per heavy atom. The van der Waals surface area contributed by atoms with E-state index in [4.69, 9.17) is 27.5 Å². The number of hydrogen-bond acceptors (Lipinski definition) is 3. The minimum absolute atomic E-state index is 0.424. The standard InChI is InChI=1S/C13H13ClN2O3/c1-4-13(11(18-2)19-3)9-7-8(14)5-6-10(9)15-12(17)16-13/h1,5-7,11H,2-3H3,(H2,15,16,17). The van der Waals surface area contributed by atoms with Gasteiger partial charge in [-0.2, -0.15) is 0 Å². The first-order valence-electron chi connectivity index (χ1n) is 5.50. The van der Waals surface area contributed by atoms with E-state index < -0.39 is 17.9 Å². The molecule has 0 saturated carbocycles. The number of benzene rings is 1. The molecule has 2 N–H and O–H groups in total. The summed E-state index contributed by atoms with van der Waals surface area (Å²) in [6.07, 6.45) is 4.79. The molecule has 19 heavy (non-hydrogen) atoms. The number of rotatable bonds is 3. The molecule has 0 radical (unpaired) electrons. The predicted molar refractivity (Wildman–Crippen MR) is 71.9 cm³/mol. The third-order valence-electron chi connectivity index (χ3n) is 2.97. The molecule has 1 unspecified atom stereocenters. The second-order valence-electron chi connectivity index (χ2n) is 4.02. The Balaban J connectivity index is 2.66. The van der Waals surface area contributed by atoms with Crippen molar-refractivity contribution in [2.75, 3.05) is 19.5 Å². The van der Waals surface area contributed by atoms with Crippen LogP contribution in [0.15, 0.2) is 18.2 Å². The van der Waals surface area contributed by atoms with Crippen LogP contribution in [0.2, 0.25) is 5.02 Å². The van der Waals surface area contributed by atoms with Gasteiger partial charge in [0.25, 0.3) is 0 Å². The van der Waals surface area contributed by atoms with E-state index in [1.807, 2.05) is 0 Å². The van der Waals surface area contributed by atoms with E-state index in [-0.39, 0.29) is 0 Å². The number of halogens is 1. The zero-order valence-corrected chi connectivity index (χ0v) is 11.2. The number of terminal acetylenes is 1. The van der Waals surface area contributed by atoms with E-state index in [1.165, 1.54) is 14.2 Å². The molecule has 6 heteroatoms. The number of urea groups is 1. The molecule has 0 aliphatic carbocycles. The highest BCUT2D eigenvalue weighted by Gasteiger charge is 2.46. The number of ether oxygens (including phenoxy) is 2. The van der Waals surface area contributed by atoms with Gasteiger partial charge in [0.05, 0.1) is 0 Å². The Morgan fingerprint density at radius 2 is 2.11 bits per heavy atom. The summed E-state index contributed by atoms with van der Waals surface area (Å²) in [7, 11) is 2.90. The van der Waals surface area contributed by atoms with Gasteiger partial charge in [-0.1, -0.05) is 17.5 Å². The SMILES string of the molecule is C#CC1(C(OC)OC)NC(=O)Nc2ccc(Cl)cc21. The number of hydrogen-bond donors (Lipinski definition) is 2. The molecule has 2 amide bonds. The normalized spacial score (nSPS) is 21.3. The Morgan fingerprint density at radius 3 is 2.68 bits per heavy atom. The summed E-state index contributed by atoms with van der Waals surface area (Å²) >= 11 is 6.00. The average Bonchev–Trinajstić information content (AvgIpc) is 2.40. The van der Waals surface area contributed by atoms with Crippen LogP contribution < -0.4 is 10.6 Å². The van der Waals surface area contributed by atoms with Gasteiger partial charge in [0.1, 0.15) is 0 Å². The fourth-order valence-corrected chi connectivity index (χ4v) is 2.34. The van der Waals surface area contributed by atoms with Crippen molar-refractivity contribution in [3.05, 3.63) is 28.8 Å². The van der Waals surface area contributed by atoms with Crippen LogP contribution in [0.5, 0.6) is 0 Å². The molecule has 0 aromatic heterocycles. The summed E-state index contributed by atoms with van der Waals surface area (Å²) in [5.74, 6) is 2.55. The number of carbonyl (C=O) groups is 1. The largest absolute Gasteiger partial charge is 0.352 e. The van der Waals surface area contributed by atoms with E-state index in [0.29, 0.717) is 16.3 Å². The lowest BCUT2D eigenvalue weighted by molar-refractivity contribution is -0.140. The van der Waals surface area contributed by atoms with Crippen LogP contribution in [0.3, 0.4) is 0 Å². The molecule has 2 rings (SSSR count). The van der Waals surface area contributed by atoms with Crippen LogP contribution >= 0.6 is 11.6 Å². The van der Waals surface area contributed by atoms with Gasteiger partial charge < -0.3 is 20.1 Å². The number of amides is 2. The van der Waals surface area contributed by atoms with Gasteiger partial charge in [0.15, 0.2) is 11.8 Å². The molecule has 1 aliphatic rings. The molecule has 100 valence electrons. The Hall–Kier alpha value is -1.74. The quantitative estimate of drug-likeness (QED) is 0.657. The van der Waals surface area contributed by atoms with Gasteiger partial charge in [0, 0.05) is 30.5 Å². The average molecular weight is 281 g/mol. The second kappa shape index (κ2) is 5.10. The highest BCUT2D eigenvalue weighted by molar-refractivity contribution is 6.30. The maximum atomic E-state index is 11.8. The fraction of sp³-hybridized carbons (Fsp3) is 0.308. The first kappa shape index (κ1) is 13.7. The van der Waals surface area contributed by atoms with Gasteiger partial charge >= 0.3 is 6.03 Å². The lowest BCUT2D eigenvalue weighted by atomic mass is 9.87. The van der Waals surface area contributed by atoms with Gasteiger partial charge in [-0.3, -0.25) is 0 Å². The van der Waals surface area contributed by atoms with Crippen molar-refractivity contribution in [3.8, 4) is 12.3 Å². The van der Waals surface area contributed by atoms with Crippen LogP contribution in [0.4, 0.5) is 10.5 Å². The Kier molecular flexibility index (Phi) is 3.67. The molecule has 1 aromatic rings. The van der Waals surface area contributed by atoms with Crippen molar-refractivity contribution in [3.63, 3.8) is 0 Å². The van der Waals surface area contributed by atoms with E-state index in [0.717, 1.165) is 0 Å². The molecule has 5 nitrogen and oxygen atoms in total. The van der Waals surface area contributed by atoms with Gasteiger partial charge in [0.2, 0.25) is 0 Å². The summed E-state index contributed by atoms with van der Waals surface area (Å²) < 4.78 is 10.5. The van der Waals surface area contributed by atoms with Crippen molar-refractivity contribution in [2.45, 2.75) is 11.8 Å². The smallest absolute Gasteiger partial charge is 0.320 e. The van der Waals surface area contributed by atoms with Crippen molar-refractivity contribution in [1.29, 1.82) is 0 Å². The topological polar surface area (TPSA) is 59.6 Å². The highest BCUT2D eigenvalue weighted by Crippen LogP contribution is 2.37. The van der Waals surface area contributed by atoms with E-state index in [1.54, 1.807) is 18.2 Å². The van der Waals surface area contributed by atoms with E-state index in [2.05, 4.69) is 16.6 Å². The number of anilines is 1. The molecule has 0 bridgehead atoms. The zero-order valence-electron chi connectivity index (χ0n) is 10.5. The molecule has 0 spiro atoms. The van der Waals surface area contributed by atoms with Crippen LogP contribution in [0.25, 0.3) is 0 Å². The number of methoxy groups -OCH3 is 2. The van der Waals surface area contributed by atoms with Crippen LogP contribution in [0.1, 0.15) is 5.56 Å². The summed E-state index contributed by atoms with van der Waals surface area (Å²) in [6.45, 7) is 0. The number of nitrogens with one attached hydrogen (secondary N) is 2.